The number of piperazine rings is 1. The van der Waals surface area contributed by atoms with Crippen molar-refractivity contribution < 1.29 is 9.59 Å². The Morgan fingerprint density at radius 2 is 1.54 bits per heavy atom. The zero-order valence-corrected chi connectivity index (χ0v) is 21.0. The van der Waals surface area contributed by atoms with E-state index in [2.05, 4.69) is 62.3 Å². The zero-order chi connectivity index (χ0) is 24.5. The summed E-state index contributed by atoms with van der Waals surface area (Å²) in [6.07, 6.45) is 2.22. The Morgan fingerprint density at radius 3 is 2.26 bits per heavy atom. The monoisotopic (exact) mass is 470 g/mol. The molecule has 35 heavy (non-hydrogen) atoms. The van der Waals surface area contributed by atoms with E-state index in [4.69, 9.17) is 0 Å². The second-order valence-corrected chi connectivity index (χ2v) is 11.8. The van der Waals surface area contributed by atoms with Gasteiger partial charge in [0.05, 0.1) is 6.04 Å². The molecular formula is C29H34N4O2. The molecule has 1 aromatic heterocycles. The lowest BCUT2D eigenvalue weighted by Gasteiger charge is -2.53. The number of hydrogen-bond donors (Lipinski definition) is 2. The highest BCUT2D eigenvalue weighted by Gasteiger charge is 2.51. The number of carbonyl (C=O) groups is 2. The lowest BCUT2D eigenvalue weighted by atomic mass is 9.78. The van der Waals surface area contributed by atoms with Gasteiger partial charge in [-0.1, -0.05) is 48.5 Å². The lowest BCUT2D eigenvalue weighted by Crippen LogP contribution is -2.69. The van der Waals surface area contributed by atoms with E-state index in [0.29, 0.717) is 6.42 Å². The average Bonchev–Trinajstić information content (AvgIpc) is 3.17. The lowest BCUT2D eigenvalue weighted by molar-refractivity contribution is -0.162. The number of fused-ring (bicyclic) bond motifs is 4. The van der Waals surface area contributed by atoms with E-state index in [1.165, 1.54) is 0 Å². The Kier molecular flexibility index (Phi) is 4.91. The van der Waals surface area contributed by atoms with Gasteiger partial charge in [0.25, 0.3) is 0 Å². The summed E-state index contributed by atoms with van der Waals surface area (Å²) in [6.45, 7) is 8.90. The van der Waals surface area contributed by atoms with Crippen molar-refractivity contribution in [1.29, 1.82) is 0 Å². The first-order chi connectivity index (χ1) is 16.6. The first-order valence-electron chi connectivity index (χ1n) is 12.7. The molecule has 0 aliphatic carbocycles. The number of nitrogens with zero attached hydrogens (tertiary/aromatic N) is 2. The van der Waals surface area contributed by atoms with E-state index in [-0.39, 0.29) is 41.5 Å². The molecule has 6 heteroatoms. The molecule has 2 amide bonds. The van der Waals surface area contributed by atoms with Crippen LogP contribution in [0.15, 0.2) is 54.6 Å². The fraction of sp³-hybridized carbons (Fsp3) is 0.448. The van der Waals surface area contributed by atoms with Gasteiger partial charge in [-0.2, -0.15) is 0 Å². The van der Waals surface area contributed by atoms with Gasteiger partial charge in [0.2, 0.25) is 11.8 Å². The summed E-state index contributed by atoms with van der Waals surface area (Å²) in [7, 11) is 0. The van der Waals surface area contributed by atoms with Gasteiger partial charge in [0.1, 0.15) is 12.6 Å². The Bertz CT molecular complexity index is 1290. The minimum atomic E-state index is -0.491. The number of para-hydroxylation sites is 1. The molecule has 2 fully saturated rings. The molecule has 3 aromatic rings. The van der Waals surface area contributed by atoms with E-state index < -0.39 is 6.04 Å². The Hall–Kier alpha value is -3.12. The Balaban J connectivity index is 1.44. The first kappa shape index (κ1) is 22.4. The molecule has 2 saturated heterocycles. The van der Waals surface area contributed by atoms with Gasteiger partial charge in [0, 0.05) is 40.1 Å². The molecule has 6 nitrogen and oxygen atoms in total. The third-order valence-electron chi connectivity index (χ3n) is 8.02. The van der Waals surface area contributed by atoms with Crippen LogP contribution in [0.4, 0.5) is 0 Å². The van der Waals surface area contributed by atoms with E-state index >= 15 is 0 Å². The molecule has 4 heterocycles. The van der Waals surface area contributed by atoms with Gasteiger partial charge >= 0.3 is 0 Å². The van der Waals surface area contributed by atoms with Crippen molar-refractivity contribution >= 4 is 22.7 Å². The number of carbonyl (C=O) groups excluding carboxylic acids is 2. The van der Waals surface area contributed by atoms with Crippen LogP contribution in [0.25, 0.3) is 10.9 Å². The molecule has 2 aromatic carbocycles. The molecule has 2 N–H and O–H groups in total. The summed E-state index contributed by atoms with van der Waals surface area (Å²) in [5.41, 5.74) is 4.07. The van der Waals surface area contributed by atoms with Crippen molar-refractivity contribution in [2.75, 3.05) is 6.54 Å². The Labute approximate surface area is 206 Å². The normalized spacial score (nSPS) is 26.1. The number of aromatic nitrogens is 1. The standard InChI is InChI=1S/C29H34N4O2/c1-28(2)15-19(16-29(3,4)31-28)32-17-24(34)33-23(27(32)35)14-21-20-12-8-9-13-22(20)30-25(21)26(33)18-10-6-5-7-11-18/h5-13,19,23,26,30-31H,14-17H2,1-4H3/t23-,26?/m1/s1. The van der Waals surface area contributed by atoms with Crippen LogP contribution in [0.5, 0.6) is 0 Å². The molecule has 6 rings (SSSR count). The summed E-state index contributed by atoms with van der Waals surface area (Å²) in [5, 5.41) is 4.85. The third-order valence-corrected chi connectivity index (χ3v) is 8.02. The number of piperidine rings is 1. The molecule has 3 aliphatic rings. The summed E-state index contributed by atoms with van der Waals surface area (Å²) >= 11 is 0. The molecule has 0 spiro atoms. The van der Waals surface area contributed by atoms with Gasteiger partial charge in [-0.15, -0.1) is 0 Å². The van der Waals surface area contributed by atoms with Gasteiger partial charge in [-0.3, -0.25) is 9.59 Å². The average molecular weight is 471 g/mol. The van der Waals surface area contributed by atoms with Crippen LogP contribution >= 0.6 is 0 Å². The van der Waals surface area contributed by atoms with Crippen molar-refractivity contribution in [3.05, 3.63) is 71.4 Å². The topological polar surface area (TPSA) is 68.4 Å². The molecule has 1 unspecified atom stereocenters. The molecule has 2 atom stereocenters. The fourth-order valence-electron chi connectivity index (χ4n) is 7.07. The SMILES string of the molecule is CC1(C)CC(N2CC(=O)N3C(c4ccccc4)c4[nH]c5ccccc5c4C[C@@H]3C2=O)CC(C)(C)N1. The largest absolute Gasteiger partial charge is 0.356 e. The summed E-state index contributed by atoms with van der Waals surface area (Å²) < 4.78 is 0. The van der Waals surface area contributed by atoms with Crippen molar-refractivity contribution in [3.8, 4) is 0 Å². The van der Waals surface area contributed by atoms with Gasteiger partial charge in [-0.05, 0) is 57.7 Å². The van der Waals surface area contributed by atoms with Crippen LogP contribution < -0.4 is 5.32 Å². The second kappa shape index (κ2) is 7.69. The van der Waals surface area contributed by atoms with Crippen LogP contribution in [0.3, 0.4) is 0 Å². The predicted octanol–water partition coefficient (Wildman–Crippen LogP) is 4.16. The quantitative estimate of drug-likeness (QED) is 0.591. The van der Waals surface area contributed by atoms with E-state index in [9.17, 15) is 9.59 Å². The minimum Gasteiger partial charge on any atom is -0.356 e. The van der Waals surface area contributed by atoms with Gasteiger partial charge in [-0.25, -0.2) is 0 Å². The first-order valence-corrected chi connectivity index (χ1v) is 12.7. The van der Waals surface area contributed by atoms with Crippen molar-refractivity contribution in [2.24, 2.45) is 0 Å². The number of amides is 2. The molecule has 3 aliphatic heterocycles. The zero-order valence-electron chi connectivity index (χ0n) is 21.0. The van der Waals surface area contributed by atoms with Crippen molar-refractivity contribution in [3.63, 3.8) is 0 Å². The van der Waals surface area contributed by atoms with Crippen molar-refractivity contribution in [2.45, 2.75) is 76.2 Å². The van der Waals surface area contributed by atoms with Gasteiger partial charge < -0.3 is 20.1 Å². The minimum absolute atomic E-state index is 0.0295. The molecule has 182 valence electrons. The van der Waals surface area contributed by atoms with E-state index in [0.717, 1.165) is 40.6 Å². The predicted molar refractivity (Wildman–Crippen MR) is 137 cm³/mol. The number of nitrogens with one attached hydrogen (secondary N) is 2. The van der Waals surface area contributed by atoms with Crippen LogP contribution in [0.1, 0.15) is 63.4 Å². The molecular weight excluding hydrogens is 436 g/mol. The number of hydrogen-bond acceptors (Lipinski definition) is 3. The maximum absolute atomic E-state index is 14.2. The summed E-state index contributed by atoms with van der Waals surface area (Å²) in [5.74, 6) is 0.113. The fourth-order valence-corrected chi connectivity index (χ4v) is 7.07. The number of benzene rings is 2. The highest BCUT2D eigenvalue weighted by atomic mass is 16.2. The van der Waals surface area contributed by atoms with Crippen LogP contribution in [0.2, 0.25) is 0 Å². The smallest absolute Gasteiger partial charge is 0.246 e. The summed E-state index contributed by atoms with van der Waals surface area (Å²) in [4.78, 5) is 35.4. The number of rotatable bonds is 2. The van der Waals surface area contributed by atoms with Crippen LogP contribution in [0, 0.1) is 0 Å². The third kappa shape index (κ3) is 3.66. The second-order valence-electron chi connectivity index (χ2n) is 11.8. The number of aromatic amines is 1. The van der Waals surface area contributed by atoms with E-state index in [1.807, 2.05) is 40.1 Å². The maximum atomic E-state index is 14.2. The highest BCUT2D eigenvalue weighted by Crippen LogP contribution is 2.43. The highest BCUT2D eigenvalue weighted by molar-refractivity contribution is 5.97. The molecule has 0 saturated carbocycles. The van der Waals surface area contributed by atoms with E-state index in [1.54, 1.807) is 0 Å². The van der Waals surface area contributed by atoms with Crippen molar-refractivity contribution in [1.82, 2.24) is 20.1 Å². The molecule has 0 bridgehead atoms. The number of H-pyrrole nitrogens is 1. The maximum Gasteiger partial charge on any atom is 0.246 e. The Morgan fingerprint density at radius 1 is 0.886 bits per heavy atom. The van der Waals surface area contributed by atoms with Gasteiger partial charge in [0.15, 0.2) is 0 Å². The summed E-state index contributed by atoms with van der Waals surface area (Å²) in [6, 6.07) is 17.6. The van der Waals surface area contributed by atoms with Crippen LogP contribution in [-0.2, 0) is 16.0 Å². The molecule has 0 radical (unpaired) electrons. The van der Waals surface area contributed by atoms with Crippen LogP contribution in [-0.4, -0.2) is 56.3 Å².